The van der Waals surface area contributed by atoms with E-state index in [1.54, 1.807) is 0 Å². The maximum absolute atomic E-state index is 12.2. The Morgan fingerprint density at radius 2 is 2.00 bits per heavy atom. The predicted molar refractivity (Wildman–Crippen MR) is 109 cm³/mol. The van der Waals surface area contributed by atoms with Gasteiger partial charge >= 0.3 is 5.97 Å². The number of rotatable bonds is 13. The van der Waals surface area contributed by atoms with Crippen LogP contribution >= 0.6 is 0 Å². The van der Waals surface area contributed by atoms with E-state index in [0.29, 0.717) is 12.2 Å². The minimum Gasteiger partial charge on any atom is -0.481 e. The second kappa shape index (κ2) is 11.7. The van der Waals surface area contributed by atoms with Gasteiger partial charge < -0.3 is 10.2 Å². The van der Waals surface area contributed by atoms with E-state index in [4.69, 9.17) is 5.11 Å². The van der Waals surface area contributed by atoms with Gasteiger partial charge in [0.2, 0.25) is 0 Å². The molecule has 0 saturated heterocycles. The van der Waals surface area contributed by atoms with Crippen LogP contribution in [0.4, 0.5) is 0 Å². The molecule has 0 amide bonds. The molecule has 3 atom stereocenters. The van der Waals surface area contributed by atoms with Gasteiger partial charge in [-0.3, -0.25) is 9.59 Å². The number of aliphatic hydroxyl groups is 1. The zero-order valence-corrected chi connectivity index (χ0v) is 17.9. The number of unbranched alkanes of at least 4 members (excludes halogenated alkanes) is 2. The quantitative estimate of drug-likeness (QED) is 0.266. The molecule has 0 aromatic carbocycles. The lowest BCUT2D eigenvalue weighted by Crippen LogP contribution is -2.26. The molecule has 5 heteroatoms. The van der Waals surface area contributed by atoms with Crippen LogP contribution in [0.2, 0.25) is 25.2 Å². The van der Waals surface area contributed by atoms with E-state index in [-0.39, 0.29) is 24.4 Å². The first-order valence-corrected chi connectivity index (χ1v) is 13.8. The summed E-state index contributed by atoms with van der Waals surface area (Å²) in [6.07, 6.45) is 11.5. The van der Waals surface area contributed by atoms with Crippen LogP contribution < -0.4 is 0 Å². The Morgan fingerprint density at radius 1 is 1.27 bits per heavy atom. The highest BCUT2D eigenvalue weighted by Crippen LogP contribution is 2.35. The zero-order valence-electron chi connectivity index (χ0n) is 16.9. The number of carbonyl (C=O) groups is 2. The number of carboxylic acids is 1. The molecule has 1 aliphatic rings. The van der Waals surface area contributed by atoms with Gasteiger partial charge in [0.25, 0.3) is 0 Å². The normalized spacial score (nSPS) is 22.2. The molecule has 1 rings (SSSR count). The van der Waals surface area contributed by atoms with E-state index in [0.717, 1.165) is 57.0 Å². The Kier molecular flexibility index (Phi) is 10.4. The molecular formula is C21H38O4Si. The number of allylic oxidation sites excluding steroid dienone is 1. The van der Waals surface area contributed by atoms with Crippen LogP contribution in [0.1, 0.15) is 64.7 Å². The minimum atomic E-state index is -1.49. The Morgan fingerprint density at radius 3 is 2.65 bits per heavy atom. The maximum atomic E-state index is 12.2. The summed E-state index contributed by atoms with van der Waals surface area (Å²) in [5.74, 6) is 0.0230. The Labute approximate surface area is 160 Å². The molecule has 0 aliphatic heterocycles. The lowest BCUT2D eigenvalue weighted by Gasteiger charge is -2.23. The second-order valence-electron chi connectivity index (χ2n) is 8.67. The van der Waals surface area contributed by atoms with Crippen molar-refractivity contribution in [3.8, 4) is 0 Å². The second-order valence-corrected chi connectivity index (χ2v) is 14.0. The van der Waals surface area contributed by atoms with Crippen molar-refractivity contribution < 1.29 is 19.8 Å². The van der Waals surface area contributed by atoms with Crippen LogP contribution in [0, 0.1) is 11.8 Å². The number of hydrogen-bond donors (Lipinski definition) is 2. The van der Waals surface area contributed by atoms with Crippen molar-refractivity contribution in [1.29, 1.82) is 0 Å². The molecule has 1 fully saturated rings. The fraction of sp³-hybridized carbons (Fsp3) is 0.810. The lowest BCUT2D eigenvalue weighted by atomic mass is 9.90. The van der Waals surface area contributed by atoms with Gasteiger partial charge in [-0.2, -0.15) is 0 Å². The highest BCUT2D eigenvalue weighted by atomic mass is 28.3. The SMILES string of the molecule is CCCCC[C@@H](O)/C=C/[C@H]1CCC(=O)[C@@H]1CCC[Si](C)(C)CCC(=O)O. The van der Waals surface area contributed by atoms with E-state index in [1.165, 1.54) is 0 Å². The summed E-state index contributed by atoms with van der Waals surface area (Å²) in [5.41, 5.74) is 0. The monoisotopic (exact) mass is 382 g/mol. The summed E-state index contributed by atoms with van der Waals surface area (Å²) in [6.45, 7) is 6.65. The van der Waals surface area contributed by atoms with Crippen molar-refractivity contribution in [1.82, 2.24) is 0 Å². The number of hydrogen-bond acceptors (Lipinski definition) is 3. The summed E-state index contributed by atoms with van der Waals surface area (Å²) in [7, 11) is -1.49. The molecule has 0 aromatic heterocycles. The lowest BCUT2D eigenvalue weighted by molar-refractivity contribution is -0.136. The Bertz CT molecular complexity index is 473. The van der Waals surface area contributed by atoms with Crippen LogP contribution in [0.15, 0.2) is 12.2 Å². The smallest absolute Gasteiger partial charge is 0.303 e. The van der Waals surface area contributed by atoms with Gasteiger partial charge in [-0.25, -0.2) is 0 Å². The molecule has 0 radical (unpaired) electrons. The first kappa shape index (κ1) is 23.1. The minimum absolute atomic E-state index is 0.0957. The molecule has 0 aromatic rings. The van der Waals surface area contributed by atoms with Gasteiger partial charge in [0.1, 0.15) is 5.78 Å². The third kappa shape index (κ3) is 9.13. The van der Waals surface area contributed by atoms with Gasteiger partial charge in [-0.15, -0.1) is 0 Å². The van der Waals surface area contributed by atoms with Gasteiger partial charge in [0, 0.05) is 26.8 Å². The number of aliphatic carboxylic acids is 1. The van der Waals surface area contributed by atoms with E-state index >= 15 is 0 Å². The van der Waals surface area contributed by atoms with E-state index in [9.17, 15) is 14.7 Å². The molecule has 0 spiro atoms. The molecule has 4 nitrogen and oxygen atoms in total. The molecule has 0 unspecified atom stereocenters. The van der Waals surface area contributed by atoms with Crippen LogP contribution in [-0.4, -0.2) is 36.1 Å². The number of carbonyl (C=O) groups excluding carboxylic acids is 1. The molecular weight excluding hydrogens is 344 g/mol. The molecule has 0 heterocycles. The summed E-state index contributed by atoms with van der Waals surface area (Å²) >= 11 is 0. The summed E-state index contributed by atoms with van der Waals surface area (Å²) in [5, 5.41) is 18.9. The highest BCUT2D eigenvalue weighted by Gasteiger charge is 2.33. The topological polar surface area (TPSA) is 74.6 Å². The summed E-state index contributed by atoms with van der Waals surface area (Å²) in [6, 6.07) is 1.90. The third-order valence-corrected chi connectivity index (χ3v) is 9.03. The Balaban J connectivity index is 2.43. The molecule has 150 valence electrons. The van der Waals surface area contributed by atoms with Gasteiger partial charge in [-0.05, 0) is 31.2 Å². The van der Waals surface area contributed by atoms with Crippen molar-refractivity contribution in [3.63, 3.8) is 0 Å². The average molecular weight is 383 g/mol. The molecule has 1 saturated carbocycles. The van der Waals surface area contributed by atoms with Crippen molar-refractivity contribution in [2.75, 3.05) is 0 Å². The van der Waals surface area contributed by atoms with E-state index in [1.807, 2.05) is 6.08 Å². The summed E-state index contributed by atoms with van der Waals surface area (Å²) < 4.78 is 0. The van der Waals surface area contributed by atoms with Crippen LogP contribution in [0.5, 0.6) is 0 Å². The number of ketones is 1. The van der Waals surface area contributed by atoms with Crippen molar-refractivity contribution >= 4 is 19.8 Å². The molecule has 0 bridgehead atoms. The molecule has 26 heavy (non-hydrogen) atoms. The van der Waals surface area contributed by atoms with Gasteiger partial charge in [0.15, 0.2) is 0 Å². The van der Waals surface area contributed by atoms with Crippen LogP contribution in [0.3, 0.4) is 0 Å². The number of aliphatic hydroxyl groups excluding tert-OH is 1. The summed E-state index contributed by atoms with van der Waals surface area (Å²) in [4.78, 5) is 23.0. The van der Waals surface area contributed by atoms with Crippen molar-refractivity contribution in [3.05, 3.63) is 12.2 Å². The largest absolute Gasteiger partial charge is 0.481 e. The predicted octanol–water partition coefficient (Wildman–Crippen LogP) is 5.04. The first-order chi connectivity index (χ1) is 12.2. The maximum Gasteiger partial charge on any atom is 0.303 e. The first-order valence-electron chi connectivity index (χ1n) is 10.4. The fourth-order valence-corrected chi connectivity index (χ4v) is 6.18. The van der Waals surface area contributed by atoms with Gasteiger partial charge in [0.05, 0.1) is 6.10 Å². The highest BCUT2D eigenvalue weighted by molar-refractivity contribution is 6.77. The van der Waals surface area contributed by atoms with Crippen LogP contribution in [-0.2, 0) is 9.59 Å². The third-order valence-electron chi connectivity index (χ3n) is 5.72. The van der Waals surface area contributed by atoms with Crippen LogP contribution in [0.25, 0.3) is 0 Å². The molecule has 2 N–H and O–H groups in total. The zero-order chi connectivity index (χ0) is 19.6. The van der Waals surface area contributed by atoms with E-state index < -0.39 is 14.0 Å². The van der Waals surface area contributed by atoms with Crippen molar-refractivity contribution in [2.24, 2.45) is 11.8 Å². The standard InChI is InChI=1S/C21H38O4Si/c1-4-5-6-8-18(22)12-10-17-11-13-20(23)19(17)9-7-15-26(2,3)16-14-21(24)25/h10,12,17-19,22H,4-9,11,13-16H2,1-3H3,(H,24,25)/b12-10+/t17-,18+,19+/m0/s1. The number of carboxylic acid groups (broad SMARTS) is 1. The molecule has 1 aliphatic carbocycles. The average Bonchev–Trinajstić information content (AvgIpc) is 2.92. The fourth-order valence-electron chi connectivity index (χ4n) is 3.88. The van der Waals surface area contributed by atoms with Crippen molar-refractivity contribution in [2.45, 2.75) is 96.0 Å². The van der Waals surface area contributed by atoms with E-state index in [2.05, 4.69) is 26.1 Å². The Hall–Kier alpha value is -0.943. The van der Waals surface area contributed by atoms with Gasteiger partial charge in [-0.1, -0.05) is 63.9 Å². The number of Topliss-reactive ketones (excluding diaryl/α,β-unsaturated/α-hetero) is 1.